The zero-order valence-corrected chi connectivity index (χ0v) is 12.0. The van der Waals surface area contributed by atoms with Gasteiger partial charge in [-0.05, 0) is 45.7 Å². The average molecular weight is 280 g/mol. The molecule has 2 N–H and O–H groups in total. The molecule has 0 aromatic heterocycles. The SMILES string of the molecule is CCN(C(=O)C1CC=CCC1C(=O)O)C1CCNCC1. The summed E-state index contributed by atoms with van der Waals surface area (Å²) >= 11 is 0. The van der Waals surface area contributed by atoms with Gasteiger partial charge in [-0.3, -0.25) is 9.59 Å². The van der Waals surface area contributed by atoms with Crippen molar-refractivity contribution in [1.29, 1.82) is 0 Å². The van der Waals surface area contributed by atoms with E-state index in [0.29, 0.717) is 19.4 Å². The molecule has 112 valence electrons. The number of nitrogens with zero attached hydrogens (tertiary/aromatic N) is 1. The zero-order chi connectivity index (χ0) is 14.5. The van der Waals surface area contributed by atoms with Crippen LogP contribution >= 0.6 is 0 Å². The first kappa shape index (κ1) is 15.0. The Morgan fingerprint density at radius 2 is 1.80 bits per heavy atom. The van der Waals surface area contributed by atoms with Gasteiger partial charge in [0.15, 0.2) is 0 Å². The molecule has 0 bridgehead atoms. The summed E-state index contributed by atoms with van der Waals surface area (Å²) in [5.41, 5.74) is 0. The Morgan fingerprint density at radius 1 is 1.20 bits per heavy atom. The number of carbonyl (C=O) groups excluding carboxylic acids is 1. The molecule has 2 unspecified atom stereocenters. The van der Waals surface area contributed by atoms with Crippen molar-refractivity contribution in [3.05, 3.63) is 12.2 Å². The standard InChI is InChI=1S/C15H24N2O3/c1-2-17(11-7-9-16-10-8-11)14(18)12-5-3-4-6-13(12)15(19)20/h3-4,11-13,16H,2,5-10H2,1H3,(H,19,20). The Morgan fingerprint density at radius 3 is 2.35 bits per heavy atom. The topological polar surface area (TPSA) is 69.6 Å². The van der Waals surface area contributed by atoms with Gasteiger partial charge in [0.05, 0.1) is 11.8 Å². The van der Waals surface area contributed by atoms with Crippen LogP contribution in [0.2, 0.25) is 0 Å². The number of nitrogens with one attached hydrogen (secondary N) is 1. The molecule has 5 nitrogen and oxygen atoms in total. The van der Waals surface area contributed by atoms with Gasteiger partial charge >= 0.3 is 5.97 Å². The largest absolute Gasteiger partial charge is 0.481 e. The molecule has 1 aliphatic heterocycles. The summed E-state index contributed by atoms with van der Waals surface area (Å²) in [4.78, 5) is 26.0. The third-order valence-corrected chi connectivity index (χ3v) is 4.44. The normalized spacial score (nSPS) is 27.2. The van der Waals surface area contributed by atoms with Crippen molar-refractivity contribution in [3.8, 4) is 0 Å². The number of allylic oxidation sites excluding steroid dienone is 2. The van der Waals surface area contributed by atoms with Gasteiger partial charge < -0.3 is 15.3 Å². The first-order valence-electron chi connectivity index (χ1n) is 7.54. The first-order valence-corrected chi connectivity index (χ1v) is 7.54. The molecule has 2 atom stereocenters. The maximum atomic E-state index is 12.8. The fourth-order valence-electron chi connectivity index (χ4n) is 3.29. The molecule has 0 radical (unpaired) electrons. The van der Waals surface area contributed by atoms with Crippen molar-refractivity contribution in [2.24, 2.45) is 11.8 Å². The summed E-state index contributed by atoms with van der Waals surface area (Å²) in [6.45, 7) is 4.51. The fraction of sp³-hybridized carbons (Fsp3) is 0.733. The molecular weight excluding hydrogens is 256 g/mol. The fourth-order valence-corrected chi connectivity index (χ4v) is 3.29. The third kappa shape index (κ3) is 3.20. The van der Waals surface area contributed by atoms with E-state index in [-0.39, 0.29) is 11.9 Å². The van der Waals surface area contributed by atoms with E-state index in [9.17, 15) is 14.7 Å². The van der Waals surface area contributed by atoms with Crippen LogP contribution in [0.5, 0.6) is 0 Å². The van der Waals surface area contributed by atoms with E-state index in [1.54, 1.807) is 0 Å². The maximum Gasteiger partial charge on any atom is 0.307 e. The minimum Gasteiger partial charge on any atom is -0.481 e. The Labute approximate surface area is 120 Å². The van der Waals surface area contributed by atoms with Gasteiger partial charge in [-0.25, -0.2) is 0 Å². The van der Waals surface area contributed by atoms with E-state index >= 15 is 0 Å². The van der Waals surface area contributed by atoms with Gasteiger partial charge in [0.1, 0.15) is 0 Å². The Balaban J connectivity index is 2.10. The minimum absolute atomic E-state index is 0.0242. The lowest BCUT2D eigenvalue weighted by atomic mass is 9.81. The van der Waals surface area contributed by atoms with Crippen LogP contribution in [0.3, 0.4) is 0 Å². The molecule has 1 heterocycles. The smallest absolute Gasteiger partial charge is 0.307 e. The lowest BCUT2D eigenvalue weighted by Gasteiger charge is -2.37. The second kappa shape index (κ2) is 6.88. The lowest BCUT2D eigenvalue weighted by molar-refractivity contribution is -0.151. The lowest BCUT2D eigenvalue weighted by Crippen LogP contribution is -2.50. The summed E-state index contributed by atoms with van der Waals surface area (Å²) in [6, 6.07) is 0.258. The summed E-state index contributed by atoms with van der Waals surface area (Å²) in [5, 5.41) is 12.6. The van der Waals surface area contributed by atoms with Gasteiger partial charge in [0.2, 0.25) is 5.91 Å². The first-order chi connectivity index (χ1) is 9.65. The molecule has 1 fully saturated rings. The second-order valence-corrected chi connectivity index (χ2v) is 5.60. The highest BCUT2D eigenvalue weighted by Crippen LogP contribution is 2.29. The van der Waals surface area contributed by atoms with Crippen LogP contribution in [-0.4, -0.2) is 47.6 Å². The quantitative estimate of drug-likeness (QED) is 0.761. The maximum absolute atomic E-state index is 12.8. The van der Waals surface area contributed by atoms with Crippen LogP contribution in [0.4, 0.5) is 0 Å². The highest BCUT2D eigenvalue weighted by molar-refractivity contribution is 5.85. The van der Waals surface area contributed by atoms with Crippen molar-refractivity contribution in [2.75, 3.05) is 19.6 Å². The van der Waals surface area contributed by atoms with E-state index in [2.05, 4.69) is 5.32 Å². The van der Waals surface area contributed by atoms with Crippen molar-refractivity contribution in [3.63, 3.8) is 0 Å². The summed E-state index contributed by atoms with van der Waals surface area (Å²) in [7, 11) is 0. The number of hydrogen-bond acceptors (Lipinski definition) is 3. The molecule has 0 aromatic carbocycles. The number of aliphatic carboxylic acids is 1. The van der Waals surface area contributed by atoms with Crippen LogP contribution < -0.4 is 5.32 Å². The number of carboxylic acid groups (broad SMARTS) is 1. The van der Waals surface area contributed by atoms with Gasteiger partial charge in [0, 0.05) is 12.6 Å². The van der Waals surface area contributed by atoms with E-state index < -0.39 is 17.8 Å². The molecule has 5 heteroatoms. The molecule has 1 aliphatic carbocycles. The van der Waals surface area contributed by atoms with Gasteiger partial charge in [0.25, 0.3) is 0 Å². The van der Waals surface area contributed by atoms with Gasteiger partial charge in [-0.2, -0.15) is 0 Å². The van der Waals surface area contributed by atoms with Crippen LogP contribution in [0.15, 0.2) is 12.2 Å². The van der Waals surface area contributed by atoms with Crippen molar-refractivity contribution in [1.82, 2.24) is 10.2 Å². The van der Waals surface area contributed by atoms with Crippen LogP contribution in [0, 0.1) is 11.8 Å². The molecule has 1 amide bonds. The zero-order valence-electron chi connectivity index (χ0n) is 12.0. The number of amides is 1. The monoisotopic (exact) mass is 280 g/mol. The van der Waals surface area contributed by atoms with Crippen molar-refractivity contribution >= 4 is 11.9 Å². The Hall–Kier alpha value is -1.36. The van der Waals surface area contributed by atoms with Gasteiger partial charge in [-0.15, -0.1) is 0 Å². The van der Waals surface area contributed by atoms with Crippen molar-refractivity contribution < 1.29 is 14.7 Å². The molecule has 0 spiro atoms. The van der Waals surface area contributed by atoms with E-state index in [0.717, 1.165) is 25.9 Å². The highest BCUT2D eigenvalue weighted by Gasteiger charge is 2.37. The molecule has 1 saturated heterocycles. The number of piperidine rings is 1. The van der Waals surface area contributed by atoms with E-state index in [4.69, 9.17) is 0 Å². The summed E-state index contributed by atoms with van der Waals surface area (Å²) in [5.74, 6) is -1.79. The number of hydrogen-bond donors (Lipinski definition) is 2. The summed E-state index contributed by atoms with van der Waals surface area (Å²) in [6.07, 6.45) is 6.76. The predicted molar refractivity (Wildman–Crippen MR) is 76.3 cm³/mol. The van der Waals surface area contributed by atoms with Crippen LogP contribution in [0.25, 0.3) is 0 Å². The van der Waals surface area contributed by atoms with Crippen LogP contribution in [-0.2, 0) is 9.59 Å². The highest BCUT2D eigenvalue weighted by atomic mass is 16.4. The Bertz CT molecular complexity index is 389. The van der Waals surface area contributed by atoms with Crippen LogP contribution in [0.1, 0.15) is 32.6 Å². The average Bonchev–Trinajstić information content (AvgIpc) is 2.49. The van der Waals surface area contributed by atoms with Gasteiger partial charge in [-0.1, -0.05) is 12.2 Å². The molecule has 0 aromatic rings. The molecule has 2 rings (SSSR count). The number of rotatable bonds is 4. The van der Waals surface area contributed by atoms with Crippen molar-refractivity contribution in [2.45, 2.75) is 38.6 Å². The van der Waals surface area contributed by atoms with E-state index in [1.807, 2.05) is 24.0 Å². The molecule has 0 saturated carbocycles. The minimum atomic E-state index is -0.853. The van der Waals surface area contributed by atoms with E-state index in [1.165, 1.54) is 0 Å². The Kier molecular flexibility index (Phi) is 5.17. The second-order valence-electron chi connectivity index (χ2n) is 5.60. The predicted octanol–water partition coefficient (Wildman–Crippen LogP) is 1.25. The molecule has 2 aliphatic rings. The number of carboxylic acids is 1. The third-order valence-electron chi connectivity index (χ3n) is 4.44. The summed E-state index contributed by atoms with van der Waals surface area (Å²) < 4.78 is 0. The molecular formula is C15H24N2O3. The number of carbonyl (C=O) groups is 2. The molecule has 20 heavy (non-hydrogen) atoms.